The molecule has 1 atom stereocenters. The van der Waals surface area contributed by atoms with Crippen LogP contribution in [0, 0.1) is 5.82 Å². The highest BCUT2D eigenvalue weighted by atomic mass is 32.2. The monoisotopic (exact) mass is 307 g/mol. The van der Waals surface area contributed by atoms with Crippen molar-refractivity contribution in [2.75, 3.05) is 0 Å². The van der Waals surface area contributed by atoms with Crippen molar-refractivity contribution in [1.29, 1.82) is 0 Å². The summed E-state index contributed by atoms with van der Waals surface area (Å²) < 4.78 is 13.3. The normalized spacial score (nSPS) is 12.4. The fourth-order valence-corrected chi connectivity index (χ4v) is 3.01. The van der Waals surface area contributed by atoms with Crippen LogP contribution in [0.2, 0.25) is 0 Å². The van der Waals surface area contributed by atoms with Crippen LogP contribution >= 0.6 is 11.8 Å². The number of aryl methyl sites for hydroxylation is 1. The molecule has 0 bridgehead atoms. The predicted molar refractivity (Wildman–Crippen MR) is 82.0 cm³/mol. The van der Waals surface area contributed by atoms with Gasteiger partial charge in [-0.1, -0.05) is 25.1 Å². The van der Waals surface area contributed by atoms with E-state index in [1.807, 2.05) is 6.92 Å². The Hall–Kier alpha value is -1.66. The number of rotatable bonds is 5. The number of aromatic nitrogens is 2. The van der Waals surface area contributed by atoms with Crippen molar-refractivity contribution in [3.05, 3.63) is 51.7 Å². The van der Waals surface area contributed by atoms with Crippen molar-refractivity contribution in [2.24, 2.45) is 5.73 Å². The van der Waals surface area contributed by atoms with Crippen LogP contribution in [0.4, 0.5) is 4.39 Å². The van der Waals surface area contributed by atoms with E-state index in [0.717, 1.165) is 23.4 Å². The minimum atomic E-state index is -0.326. The molecular weight excluding hydrogens is 289 g/mol. The van der Waals surface area contributed by atoms with Crippen LogP contribution < -0.4 is 11.3 Å². The highest BCUT2D eigenvalue weighted by Gasteiger charge is 2.11. The van der Waals surface area contributed by atoms with Gasteiger partial charge in [0.1, 0.15) is 5.82 Å². The standard InChI is InChI=1S/C15H18FN3OS/c1-3-4-11-8-14(20)19-15(18-11)21-13-6-5-10(16)7-12(13)9(2)17/h5-9H,3-4,17H2,1-2H3,(H,18,19,20)/t9-/m0/s1. The quantitative estimate of drug-likeness (QED) is 0.833. The topological polar surface area (TPSA) is 71.8 Å². The maximum Gasteiger partial charge on any atom is 0.251 e. The largest absolute Gasteiger partial charge is 0.324 e. The lowest BCUT2D eigenvalue weighted by Crippen LogP contribution is -2.11. The van der Waals surface area contributed by atoms with Gasteiger partial charge < -0.3 is 10.7 Å². The molecule has 0 radical (unpaired) electrons. The summed E-state index contributed by atoms with van der Waals surface area (Å²) in [6.45, 7) is 3.83. The average molecular weight is 307 g/mol. The fraction of sp³-hybridized carbons (Fsp3) is 0.333. The zero-order chi connectivity index (χ0) is 15.4. The number of aromatic amines is 1. The molecule has 2 aromatic rings. The van der Waals surface area contributed by atoms with Crippen LogP contribution in [0.1, 0.15) is 37.6 Å². The van der Waals surface area contributed by atoms with E-state index >= 15 is 0 Å². The maximum absolute atomic E-state index is 13.3. The van der Waals surface area contributed by atoms with Gasteiger partial charge in [-0.05, 0) is 37.1 Å². The second-order valence-corrected chi connectivity index (χ2v) is 5.90. The molecule has 3 N–H and O–H groups in total. The molecule has 0 amide bonds. The number of nitrogens with two attached hydrogens (primary N) is 1. The zero-order valence-electron chi connectivity index (χ0n) is 12.0. The molecule has 6 heteroatoms. The van der Waals surface area contributed by atoms with E-state index < -0.39 is 0 Å². The third kappa shape index (κ3) is 4.15. The van der Waals surface area contributed by atoms with Crippen molar-refractivity contribution in [3.63, 3.8) is 0 Å². The van der Waals surface area contributed by atoms with E-state index in [4.69, 9.17) is 5.73 Å². The van der Waals surface area contributed by atoms with Gasteiger partial charge in [-0.25, -0.2) is 9.37 Å². The number of benzene rings is 1. The molecule has 1 heterocycles. The minimum absolute atomic E-state index is 0.180. The minimum Gasteiger partial charge on any atom is -0.324 e. The molecule has 0 saturated heterocycles. The van der Waals surface area contributed by atoms with Crippen molar-refractivity contribution >= 4 is 11.8 Å². The third-order valence-electron chi connectivity index (χ3n) is 2.95. The number of halogens is 1. The van der Waals surface area contributed by atoms with Gasteiger partial charge in [0.15, 0.2) is 5.16 Å². The Bertz CT molecular complexity index is 685. The Kier molecular flexibility index (Phi) is 5.14. The second-order valence-electron chi connectivity index (χ2n) is 4.86. The number of H-pyrrole nitrogens is 1. The number of nitrogens with one attached hydrogen (secondary N) is 1. The zero-order valence-corrected chi connectivity index (χ0v) is 12.8. The Balaban J connectivity index is 2.36. The van der Waals surface area contributed by atoms with Gasteiger partial charge in [0.05, 0.1) is 0 Å². The first-order valence-corrected chi connectivity index (χ1v) is 7.64. The van der Waals surface area contributed by atoms with Gasteiger partial charge in [-0.15, -0.1) is 0 Å². The molecule has 0 aliphatic carbocycles. The van der Waals surface area contributed by atoms with Gasteiger partial charge in [0.2, 0.25) is 0 Å². The van der Waals surface area contributed by atoms with Crippen molar-refractivity contribution in [3.8, 4) is 0 Å². The molecule has 1 aromatic heterocycles. The Morgan fingerprint density at radius 3 is 2.86 bits per heavy atom. The lowest BCUT2D eigenvalue weighted by atomic mass is 10.1. The van der Waals surface area contributed by atoms with E-state index in [2.05, 4.69) is 9.97 Å². The lowest BCUT2D eigenvalue weighted by molar-refractivity contribution is 0.619. The second kappa shape index (κ2) is 6.87. The van der Waals surface area contributed by atoms with E-state index in [9.17, 15) is 9.18 Å². The van der Waals surface area contributed by atoms with Crippen LogP contribution in [0.5, 0.6) is 0 Å². The molecule has 0 aliphatic heterocycles. The van der Waals surface area contributed by atoms with Crippen molar-refractivity contribution in [1.82, 2.24) is 9.97 Å². The molecule has 1 aromatic carbocycles. The molecule has 112 valence electrons. The molecular formula is C15H18FN3OS. The van der Waals surface area contributed by atoms with Crippen LogP contribution in [0.25, 0.3) is 0 Å². The smallest absolute Gasteiger partial charge is 0.251 e. The summed E-state index contributed by atoms with van der Waals surface area (Å²) in [5.41, 5.74) is 7.15. The van der Waals surface area contributed by atoms with E-state index in [0.29, 0.717) is 10.7 Å². The molecule has 0 saturated carbocycles. The average Bonchev–Trinajstić information content (AvgIpc) is 2.40. The first-order chi connectivity index (χ1) is 9.99. The predicted octanol–water partition coefficient (Wildman–Crippen LogP) is 3.03. The molecule has 0 aliphatic rings. The highest BCUT2D eigenvalue weighted by molar-refractivity contribution is 7.99. The molecule has 21 heavy (non-hydrogen) atoms. The fourth-order valence-electron chi connectivity index (χ4n) is 1.99. The van der Waals surface area contributed by atoms with E-state index in [-0.39, 0.29) is 17.4 Å². The molecule has 0 fully saturated rings. The van der Waals surface area contributed by atoms with Gasteiger partial charge >= 0.3 is 0 Å². The van der Waals surface area contributed by atoms with Gasteiger partial charge in [-0.3, -0.25) is 4.79 Å². The summed E-state index contributed by atoms with van der Waals surface area (Å²) in [6.07, 6.45) is 1.67. The SMILES string of the molecule is CCCc1cc(=O)[nH]c(Sc2ccc(F)cc2[C@H](C)N)n1. The number of hydrogen-bond acceptors (Lipinski definition) is 4. The molecule has 4 nitrogen and oxygen atoms in total. The Morgan fingerprint density at radius 1 is 1.43 bits per heavy atom. The van der Waals surface area contributed by atoms with Gasteiger partial charge in [-0.2, -0.15) is 0 Å². The Labute approximate surface area is 127 Å². The van der Waals surface area contributed by atoms with Crippen LogP contribution in [0.3, 0.4) is 0 Å². The van der Waals surface area contributed by atoms with Gasteiger partial charge in [0, 0.05) is 22.7 Å². The first-order valence-electron chi connectivity index (χ1n) is 6.82. The van der Waals surface area contributed by atoms with E-state index in [1.54, 1.807) is 13.0 Å². The number of nitrogens with zero attached hydrogens (tertiary/aromatic N) is 1. The summed E-state index contributed by atoms with van der Waals surface area (Å²) >= 11 is 1.29. The highest BCUT2D eigenvalue weighted by Crippen LogP contribution is 2.31. The lowest BCUT2D eigenvalue weighted by Gasteiger charge is -2.12. The molecule has 2 rings (SSSR count). The Morgan fingerprint density at radius 2 is 2.19 bits per heavy atom. The summed E-state index contributed by atoms with van der Waals surface area (Å²) in [7, 11) is 0. The number of hydrogen-bond donors (Lipinski definition) is 2. The summed E-state index contributed by atoms with van der Waals surface area (Å²) in [5, 5.41) is 0.499. The molecule has 0 unspecified atom stereocenters. The maximum atomic E-state index is 13.3. The van der Waals surface area contributed by atoms with Crippen molar-refractivity contribution < 1.29 is 4.39 Å². The first kappa shape index (κ1) is 15.7. The van der Waals surface area contributed by atoms with Gasteiger partial charge in [0.25, 0.3) is 5.56 Å². The molecule has 0 spiro atoms. The summed E-state index contributed by atoms with van der Waals surface area (Å²) in [5.74, 6) is -0.326. The summed E-state index contributed by atoms with van der Waals surface area (Å²) in [6, 6.07) is 5.66. The third-order valence-corrected chi connectivity index (χ3v) is 3.93. The summed E-state index contributed by atoms with van der Waals surface area (Å²) in [4.78, 5) is 19.6. The van der Waals surface area contributed by atoms with Crippen molar-refractivity contribution in [2.45, 2.75) is 42.8 Å². The van der Waals surface area contributed by atoms with E-state index in [1.165, 1.54) is 30.0 Å². The van der Waals surface area contributed by atoms with Crippen LogP contribution in [0.15, 0.2) is 39.1 Å². The van der Waals surface area contributed by atoms with Crippen LogP contribution in [-0.2, 0) is 6.42 Å². The van der Waals surface area contributed by atoms with Crippen LogP contribution in [-0.4, -0.2) is 9.97 Å².